The Kier molecular flexibility index (Phi) is 5.48. The third-order valence-corrected chi connectivity index (χ3v) is 3.49. The molecule has 0 aromatic heterocycles. The molecule has 0 aliphatic carbocycles. The molecule has 0 spiro atoms. The van der Waals surface area contributed by atoms with Crippen molar-refractivity contribution in [3.8, 4) is 5.75 Å². The fourth-order valence-electron chi connectivity index (χ4n) is 1.95. The average Bonchev–Trinajstić information content (AvgIpc) is 2.45. The van der Waals surface area contributed by atoms with Gasteiger partial charge in [0.05, 0.1) is 10.7 Å². The quantitative estimate of drug-likeness (QED) is 0.853. The van der Waals surface area contributed by atoms with Gasteiger partial charge in [-0.2, -0.15) is 0 Å². The average molecular weight is 306 g/mol. The second-order valence-corrected chi connectivity index (χ2v) is 5.50. The number of benzene rings is 2. The first-order valence-corrected chi connectivity index (χ1v) is 7.30. The molecule has 0 amide bonds. The molecule has 0 heterocycles. The lowest BCUT2D eigenvalue weighted by Gasteiger charge is -2.16. The Bertz CT molecular complexity index is 601. The van der Waals surface area contributed by atoms with Crippen molar-refractivity contribution in [2.45, 2.75) is 20.0 Å². The SMILES string of the molecule is Cc1ccc(NCC(O)COc2ccccc2C)c(Cl)c1. The van der Waals surface area contributed by atoms with Gasteiger partial charge in [-0.25, -0.2) is 0 Å². The number of aryl methyl sites for hydroxylation is 2. The van der Waals surface area contributed by atoms with Crippen LogP contribution in [0.15, 0.2) is 42.5 Å². The van der Waals surface area contributed by atoms with Crippen LogP contribution in [0.25, 0.3) is 0 Å². The largest absolute Gasteiger partial charge is 0.491 e. The van der Waals surface area contributed by atoms with E-state index in [2.05, 4.69) is 5.32 Å². The standard InChI is InChI=1S/C17H20ClNO2/c1-12-7-8-16(15(18)9-12)19-10-14(20)11-21-17-6-4-3-5-13(17)2/h3-9,14,19-20H,10-11H2,1-2H3. The molecule has 0 fully saturated rings. The van der Waals surface area contributed by atoms with Gasteiger partial charge in [-0.1, -0.05) is 35.9 Å². The topological polar surface area (TPSA) is 41.5 Å². The molecule has 1 atom stereocenters. The minimum atomic E-state index is -0.609. The number of nitrogens with one attached hydrogen (secondary N) is 1. The molecule has 2 aromatic carbocycles. The van der Waals surface area contributed by atoms with Crippen molar-refractivity contribution in [1.29, 1.82) is 0 Å². The van der Waals surface area contributed by atoms with Gasteiger partial charge in [-0.05, 0) is 43.2 Å². The van der Waals surface area contributed by atoms with Crippen LogP contribution in [0.4, 0.5) is 5.69 Å². The van der Waals surface area contributed by atoms with Crippen molar-refractivity contribution in [2.24, 2.45) is 0 Å². The molecule has 2 rings (SSSR count). The molecular weight excluding hydrogens is 286 g/mol. The molecule has 0 saturated heterocycles. The molecule has 1 unspecified atom stereocenters. The van der Waals surface area contributed by atoms with Crippen molar-refractivity contribution >= 4 is 17.3 Å². The van der Waals surface area contributed by atoms with E-state index in [9.17, 15) is 5.11 Å². The molecule has 0 aliphatic rings. The summed E-state index contributed by atoms with van der Waals surface area (Å²) in [6.07, 6.45) is -0.609. The maximum absolute atomic E-state index is 9.98. The molecular formula is C17H20ClNO2. The smallest absolute Gasteiger partial charge is 0.122 e. The van der Waals surface area contributed by atoms with Gasteiger partial charge in [0, 0.05) is 6.54 Å². The van der Waals surface area contributed by atoms with Gasteiger partial charge >= 0.3 is 0 Å². The number of para-hydroxylation sites is 1. The zero-order valence-corrected chi connectivity index (χ0v) is 13.0. The molecule has 21 heavy (non-hydrogen) atoms. The predicted octanol–water partition coefficient (Wildman–Crippen LogP) is 3.81. The Morgan fingerprint density at radius 3 is 2.67 bits per heavy atom. The number of rotatable bonds is 6. The van der Waals surface area contributed by atoms with Crippen LogP contribution < -0.4 is 10.1 Å². The summed E-state index contributed by atoms with van der Waals surface area (Å²) in [6.45, 7) is 4.59. The molecule has 2 N–H and O–H groups in total. The van der Waals surface area contributed by atoms with Gasteiger partial charge in [0.25, 0.3) is 0 Å². The molecule has 0 radical (unpaired) electrons. The van der Waals surface area contributed by atoms with Crippen molar-refractivity contribution in [3.05, 3.63) is 58.6 Å². The second kappa shape index (κ2) is 7.34. The first-order valence-electron chi connectivity index (χ1n) is 6.93. The van der Waals surface area contributed by atoms with Crippen molar-refractivity contribution in [3.63, 3.8) is 0 Å². The highest BCUT2D eigenvalue weighted by atomic mass is 35.5. The lowest BCUT2D eigenvalue weighted by molar-refractivity contribution is 0.117. The first kappa shape index (κ1) is 15.7. The summed E-state index contributed by atoms with van der Waals surface area (Å²) in [5.74, 6) is 0.796. The summed E-state index contributed by atoms with van der Waals surface area (Å²) in [6, 6.07) is 13.5. The molecule has 2 aromatic rings. The van der Waals surface area contributed by atoms with Crippen LogP contribution >= 0.6 is 11.6 Å². The lowest BCUT2D eigenvalue weighted by atomic mass is 10.2. The summed E-state index contributed by atoms with van der Waals surface area (Å²) in [5, 5.41) is 13.8. The van der Waals surface area contributed by atoms with Crippen LogP contribution in [0.5, 0.6) is 5.75 Å². The van der Waals surface area contributed by atoms with Crippen molar-refractivity contribution in [1.82, 2.24) is 0 Å². The van der Waals surface area contributed by atoms with Crippen LogP contribution in [-0.4, -0.2) is 24.4 Å². The van der Waals surface area contributed by atoms with E-state index in [1.165, 1.54) is 0 Å². The highest BCUT2D eigenvalue weighted by molar-refractivity contribution is 6.33. The summed E-state index contributed by atoms with van der Waals surface area (Å²) < 4.78 is 5.61. The Balaban J connectivity index is 1.82. The fourth-order valence-corrected chi connectivity index (χ4v) is 2.26. The van der Waals surface area contributed by atoms with Gasteiger partial charge < -0.3 is 15.2 Å². The van der Waals surface area contributed by atoms with Crippen LogP contribution in [-0.2, 0) is 0 Å². The third-order valence-electron chi connectivity index (χ3n) is 3.18. The van der Waals surface area contributed by atoms with Gasteiger partial charge in [-0.15, -0.1) is 0 Å². The van der Waals surface area contributed by atoms with E-state index >= 15 is 0 Å². The molecule has 0 bridgehead atoms. The van der Waals surface area contributed by atoms with Crippen molar-refractivity contribution in [2.75, 3.05) is 18.5 Å². The molecule has 0 aliphatic heterocycles. The zero-order valence-electron chi connectivity index (χ0n) is 12.3. The maximum Gasteiger partial charge on any atom is 0.122 e. The Morgan fingerprint density at radius 2 is 1.95 bits per heavy atom. The van der Waals surface area contributed by atoms with Gasteiger partial charge in [-0.3, -0.25) is 0 Å². The second-order valence-electron chi connectivity index (χ2n) is 5.09. The normalized spacial score (nSPS) is 12.0. The molecule has 4 heteroatoms. The summed E-state index contributed by atoms with van der Waals surface area (Å²) >= 11 is 6.13. The van der Waals surface area contributed by atoms with Crippen LogP contribution in [0, 0.1) is 13.8 Å². The van der Waals surface area contributed by atoms with Crippen molar-refractivity contribution < 1.29 is 9.84 Å². The van der Waals surface area contributed by atoms with Crippen LogP contribution in [0.3, 0.4) is 0 Å². The molecule has 0 saturated carbocycles. The molecule has 112 valence electrons. The van der Waals surface area contributed by atoms with E-state index in [0.717, 1.165) is 22.6 Å². The third kappa shape index (κ3) is 4.66. The van der Waals surface area contributed by atoms with E-state index in [4.69, 9.17) is 16.3 Å². The first-order chi connectivity index (χ1) is 10.1. The highest BCUT2D eigenvalue weighted by Gasteiger charge is 2.08. The molecule has 3 nitrogen and oxygen atoms in total. The number of aliphatic hydroxyl groups excluding tert-OH is 1. The van der Waals surface area contributed by atoms with E-state index in [1.807, 2.05) is 56.3 Å². The fraction of sp³-hybridized carbons (Fsp3) is 0.294. The van der Waals surface area contributed by atoms with Gasteiger partial charge in [0.1, 0.15) is 18.5 Å². The lowest BCUT2D eigenvalue weighted by Crippen LogP contribution is -2.26. The van der Waals surface area contributed by atoms with E-state index in [0.29, 0.717) is 11.6 Å². The number of ether oxygens (including phenoxy) is 1. The number of aliphatic hydroxyl groups is 1. The number of hydrogen-bond donors (Lipinski definition) is 2. The summed E-state index contributed by atoms with van der Waals surface area (Å²) in [4.78, 5) is 0. The highest BCUT2D eigenvalue weighted by Crippen LogP contribution is 2.22. The van der Waals surface area contributed by atoms with E-state index in [1.54, 1.807) is 0 Å². The predicted molar refractivity (Wildman–Crippen MR) is 87.4 cm³/mol. The Hall–Kier alpha value is -1.71. The van der Waals surface area contributed by atoms with E-state index < -0.39 is 6.10 Å². The minimum absolute atomic E-state index is 0.237. The van der Waals surface area contributed by atoms with E-state index in [-0.39, 0.29) is 6.61 Å². The monoisotopic (exact) mass is 305 g/mol. The zero-order chi connectivity index (χ0) is 15.2. The van der Waals surface area contributed by atoms with Crippen LogP contribution in [0.1, 0.15) is 11.1 Å². The summed E-state index contributed by atoms with van der Waals surface area (Å²) in [5.41, 5.74) is 2.98. The van der Waals surface area contributed by atoms with Gasteiger partial charge in [0.2, 0.25) is 0 Å². The summed E-state index contributed by atoms with van der Waals surface area (Å²) in [7, 11) is 0. The Morgan fingerprint density at radius 1 is 1.19 bits per heavy atom. The maximum atomic E-state index is 9.98. The number of hydrogen-bond acceptors (Lipinski definition) is 3. The Labute approximate surface area is 130 Å². The number of halogens is 1. The van der Waals surface area contributed by atoms with Crippen LogP contribution in [0.2, 0.25) is 5.02 Å². The van der Waals surface area contributed by atoms with Gasteiger partial charge in [0.15, 0.2) is 0 Å². The number of anilines is 1. The minimum Gasteiger partial charge on any atom is -0.491 e.